The lowest BCUT2D eigenvalue weighted by molar-refractivity contribution is -0.152. The van der Waals surface area contributed by atoms with Crippen molar-refractivity contribution < 1.29 is 33.7 Å². The van der Waals surface area contributed by atoms with E-state index in [9.17, 15) is 23.9 Å². The van der Waals surface area contributed by atoms with Gasteiger partial charge in [-0.15, -0.1) is 0 Å². The second-order valence-electron chi connectivity index (χ2n) is 13.5. The van der Waals surface area contributed by atoms with Crippen LogP contribution in [0.2, 0.25) is 5.02 Å². The number of benzene rings is 3. The van der Waals surface area contributed by atoms with E-state index < -0.39 is 17.9 Å². The van der Waals surface area contributed by atoms with Crippen molar-refractivity contribution in [3.8, 4) is 5.75 Å². The second kappa shape index (κ2) is 16.8. The molecular formula is C39H42BrClFN3O6. The molecule has 1 aliphatic carbocycles. The first-order chi connectivity index (χ1) is 24.6. The number of ether oxygens (including phenoxy) is 1. The van der Waals surface area contributed by atoms with Crippen molar-refractivity contribution >= 4 is 50.8 Å². The molecule has 2 bridgehead atoms. The lowest BCUT2D eigenvalue weighted by atomic mass is 9.82. The van der Waals surface area contributed by atoms with Crippen LogP contribution < -0.4 is 10.1 Å². The van der Waals surface area contributed by atoms with Crippen LogP contribution in [0.25, 0.3) is 5.57 Å². The summed E-state index contributed by atoms with van der Waals surface area (Å²) in [6.07, 6.45) is 2.54. The van der Waals surface area contributed by atoms with Gasteiger partial charge in [0.2, 0.25) is 6.10 Å². The number of carbonyl (C=O) groups excluding carboxylic acids is 2. The minimum absolute atomic E-state index is 0.000496. The van der Waals surface area contributed by atoms with Crippen LogP contribution in [0.3, 0.4) is 0 Å². The highest BCUT2D eigenvalue weighted by atomic mass is 79.9. The topological polar surface area (TPSA) is 119 Å². The van der Waals surface area contributed by atoms with E-state index in [0.717, 1.165) is 53.5 Å². The predicted molar refractivity (Wildman–Crippen MR) is 196 cm³/mol. The van der Waals surface area contributed by atoms with E-state index >= 15 is 0 Å². The summed E-state index contributed by atoms with van der Waals surface area (Å²) in [7, 11) is 0. The average molecular weight is 783 g/mol. The summed E-state index contributed by atoms with van der Waals surface area (Å²) in [5.74, 6) is -2.16. The summed E-state index contributed by atoms with van der Waals surface area (Å²) in [6, 6.07) is 20.3. The van der Waals surface area contributed by atoms with E-state index in [2.05, 4.69) is 50.4 Å². The molecule has 270 valence electrons. The fourth-order valence-electron chi connectivity index (χ4n) is 7.03. The lowest BCUT2D eigenvalue weighted by Crippen LogP contribution is -2.61. The number of carboxylic acid groups (broad SMARTS) is 1. The number of aliphatic hydroxyl groups is 1. The van der Waals surface area contributed by atoms with E-state index in [-0.39, 0.29) is 36.3 Å². The maximum absolute atomic E-state index is 14.7. The number of carboxylic acids is 1. The Labute approximate surface area is 310 Å². The van der Waals surface area contributed by atoms with Crippen molar-refractivity contribution in [1.29, 1.82) is 0 Å². The lowest BCUT2D eigenvalue weighted by Gasteiger charge is -2.45. The number of rotatable bonds is 16. The summed E-state index contributed by atoms with van der Waals surface area (Å²) in [6.45, 7) is 2.36. The molecule has 3 aliphatic rings. The number of hydrogen-bond donors (Lipinski definition) is 3. The average Bonchev–Trinajstić information content (AvgIpc) is 3.96. The van der Waals surface area contributed by atoms with Gasteiger partial charge >= 0.3 is 5.97 Å². The predicted octanol–water partition coefficient (Wildman–Crippen LogP) is 5.69. The molecule has 0 radical (unpaired) electrons. The van der Waals surface area contributed by atoms with E-state index in [0.29, 0.717) is 60.9 Å². The molecule has 3 atom stereocenters. The van der Waals surface area contributed by atoms with Crippen molar-refractivity contribution in [2.45, 2.75) is 69.2 Å². The monoisotopic (exact) mass is 781 g/mol. The third kappa shape index (κ3) is 9.44. The van der Waals surface area contributed by atoms with Crippen molar-refractivity contribution in [3.63, 3.8) is 0 Å². The summed E-state index contributed by atoms with van der Waals surface area (Å²) >= 11 is 9.88. The van der Waals surface area contributed by atoms with Crippen LogP contribution in [0.5, 0.6) is 5.75 Å². The number of aliphatic hydroxyl groups excluding tert-OH is 1. The number of piperazine rings is 1. The highest BCUT2D eigenvalue weighted by molar-refractivity contribution is 9.10. The van der Waals surface area contributed by atoms with Crippen LogP contribution in [0, 0.1) is 5.82 Å². The number of nitrogens with one attached hydrogen (secondary N) is 1. The molecule has 3 aromatic rings. The van der Waals surface area contributed by atoms with Crippen LogP contribution in [-0.4, -0.2) is 94.7 Å². The number of carbonyl (C=O) groups is 3. The molecule has 1 saturated heterocycles. The molecule has 0 aromatic heterocycles. The fraction of sp³-hybridized carbons (Fsp3) is 0.410. The molecular weight excluding hydrogens is 741 g/mol. The van der Waals surface area contributed by atoms with Crippen LogP contribution in [0.4, 0.5) is 4.39 Å². The van der Waals surface area contributed by atoms with Gasteiger partial charge in [-0.3, -0.25) is 14.5 Å². The van der Waals surface area contributed by atoms with Gasteiger partial charge in [0.1, 0.15) is 11.6 Å². The van der Waals surface area contributed by atoms with E-state index in [1.54, 1.807) is 6.07 Å². The number of aryl methyl sites for hydroxylation is 1. The Morgan fingerprint density at radius 3 is 2.55 bits per heavy atom. The highest BCUT2D eigenvalue weighted by Crippen LogP contribution is 2.37. The van der Waals surface area contributed by atoms with Crippen LogP contribution in [0.1, 0.15) is 48.8 Å². The van der Waals surface area contributed by atoms with Gasteiger partial charge in [-0.25, -0.2) is 9.18 Å². The van der Waals surface area contributed by atoms with Crippen molar-refractivity contribution in [3.05, 3.63) is 104 Å². The van der Waals surface area contributed by atoms with E-state index in [1.807, 2.05) is 29.2 Å². The molecule has 2 heterocycles. The third-order valence-corrected chi connectivity index (χ3v) is 10.8. The molecule has 2 fully saturated rings. The van der Waals surface area contributed by atoms with Crippen molar-refractivity contribution in [2.24, 2.45) is 0 Å². The Morgan fingerprint density at radius 1 is 1.06 bits per heavy atom. The SMILES string of the molecule is O=C(O)C(O)C(=O)CCN1C[C@H]2CC(c3ccc(CCCOc4cc(F)ccc4Br)cc3)=C(C(=O)N(CCc3ccccc3Cl)C3CC3)[C@@H](C1)N2. The van der Waals surface area contributed by atoms with Gasteiger partial charge < -0.3 is 25.2 Å². The number of halogens is 3. The number of nitrogens with zero attached hydrogens (tertiary/aromatic N) is 2. The Kier molecular flexibility index (Phi) is 12.3. The standard InChI is InChI=1S/C39H42BrClFN3O6/c40-31-14-11-27(42)20-35(31)51-19-3-4-24-7-9-25(10-8-24)30-21-28-22-44(17-16-34(46)37(47)39(49)50)23-33(43-28)36(30)38(48)45(29-12-13-29)18-15-26-5-1-2-6-32(26)41/h1-2,5-11,14,20,28-29,33,37,43,47H,3-4,12-13,15-19,21-23H2,(H,49,50)/t28-,33-,37?/m1/s1. The van der Waals surface area contributed by atoms with Gasteiger partial charge in [0, 0.05) is 61.3 Å². The normalized spacial score (nSPS) is 19.5. The Balaban J connectivity index is 1.20. The molecule has 1 saturated carbocycles. The number of amides is 1. The maximum Gasteiger partial charge on any atom is 0.340 e. The first kappa shape index (κ1) is 37.2. The minimum Gasteiger partial charge on any atom is -0.492 e. The molecule has 12 heteroatoms. The molecule has 1 amide bonds. The summed E-state index contributed by atoms with van der Waals surface area (Å²) in [5, 5.41) is 23.1. The molecule has 51 heavy (non-hydrogen) atoms. The van der Waals surface area contributed by atoms with Gasteiger partial charge in [-0.1, -0.05) is 54.1 Å². The van der Waals surface area contributed by atoms with Gasteiger partial charge in [-0.2, -0.15) is 0 Å². The molecule has 2 aliphatic heterocycles. The van der Waals surface area contributed by atoms with Crippen molar-refractivity contribution in [2.75, 3.05) is 32.8 Å². The number of hydrogen-bond acceptors (Lipinski definition) is 7. The fourth-order valence-corrected chi connectivity index (χ4v) is 7.62. The largest absolute Gasteiger partial charge is 0.492 e. The van der Waals surface area contributed by atoms with E-state index in [4.69, 9.17) is 21.4 Å². The van der Waals surface area contributed by atoms with Gasteiger partial charge in [0.15, 0.2) is 5.78 Å². The molecule has 0 spiro atoms. The number of fused-ring (bicyclic) bond motifs is 2. The Bertz CT molecular complexity index is 1780. The summed E-state index contributed by atoms with van der Waals surface area (Å²) < 4.78 is 20.1. The van der Waals surface area contributed by atoms with Gasteiger partial charge in [-0.05, 0) is 94.9 Å². The Morgan fingerprint density at radius 2 is 1.82 bits per heavy atom. The van der Waals surface area contributed by atoms with E-state index in [1.165, 1.54) is 12.1 Å². The summed E-state index contributed by atoms with van der Waals surface area (Å²) in [4.78, 5) is 42.2. The zero-order valence-electron chi connectivity index (χ0n) is 28.2. The highest BCUT2D eigenvalue weighted by Gasteiger charge is 2.42. The zero-order valence-corrected chi connectivity index (χ0v) is 30.5. The van der Waals surface area contributed by atoms with Crippen LogP contribution in [-0.2, 0) is 27.2 Å². The molecule has 6 rings (SSSR count). The third-order valence-electron chi connectivity index (χ3n) is 9.82. The first-order valence-electron chi connectivity index (χ1n) is 17.4. The van der Waals surface area contributed by atoms with Crippen molar-refractivity contribution in [1.82, 2.24) is 15.1 Å². The smallest absolute Gasteiger partial charge is 0.340 e. The quantitative estimate of drug-likeness (QED) is 0.125. The molecule has 1 unspecified atom stereocenters. The second-order valence-corrected chi connectivity index (χ2v) is 14.8. The number of Topliss-reactive ketones (excluding diaryl/α,β-unsaturated/α-hetero) is 1. The zero-order chi connectivity index (χ0) is 36.1. The first-order valence-corrected chi connectivity index (χ1v) is 18.6. The number of aliphatic carboxylic acids is 1. The Hall–Kier alpha value is -3.61. The molecule has 9 nitrogen and oxygen atoms in total. The summed E-state index contributed by atoms with van der Waals surface area (Å²) in [5.41, 5.74) is 4.85. The molecule has 3 N–H and O–H groups in total. The van der Waals surface area contributed by atoms with Gasteiger partial charge in [0.25, 0.3) is 5.91 Å². The number of ketones is 1. The molecule has 3 aromatic carbocycles. The minimum atomic E-state index is -2.03. The maximum atomic E-state index is 14.7. The van der Waals surface area contributed by atoms with Gasteiger partial charge in [0.05, 0.1) is 17.1 Å². The van der Waals surface area contributed by atoms with Crippen LogP contribution in [0.15, 0.2) is 76.8 Å². The van der Waals surface area contributed by atoms with Crippen LogP contribution >= 0.6 is 27.5 Å².